The molecule has 0 aromatic heterocycles. The summed E-state index contributed by atoms with van der Waals surface area (Å²) in [7, 11) is 0. The van der Waals surface area contributed by atoms with Gasteiger partial charge in [0.1, 0.15) is 5.82 Å². The zero-order chi connectivity index (χ0) is 13.1. The monoisotopic (exact) mass is 238 g/mol. The summed E-state index contributed by atoms with van der Waals surface area (Å²) < 4.78 is 13.0. The van der Waals surface area contributed by atoms with E-state index < -0.39 is 0 Å². The quantitative estimate of drug-likeness (QED) is 0.817. The number of nitrogens with one attached hydrogen (secondary N) is 2. The van der Waals surface area contributed by atoms with Crippen LogP contribution in [0.1, 0.15) is 31.9 Å². The molecule has 0 unspecified atom stereocenters. The van der Waals surface area contributed by atoms with Crippen LogP contribution in [0.2, 0.25) is 0 Å². The highest BCUT2D eigenvalue weighted by Crippen LogP contribution is 2.08. The van der Waals surface area contributed by atoms with Crippen LogP contribution in [-0.2, 0) is 6.54 Å². The van der Waals surface area contributed by atoms with Crippen molar-refractivity contribution in [3.8, 4) is 0 Å². The minimum absolute atomic E-state index is 0.223. The average Bonchev–Trinajstić information content (AvgIpc) is 2.17. The molecule has 2 N–H and O–H groups in total. The lowest BCUT2D eigenvalue weighted by atomic mass is 10.1. The Kier molecular flexibility index (Phi) is 4.10. The fourth-order valence-corrected chi connectivity index (χ4v) is 1.38. The Labute approximate surface area is 101 Å². The van der Waals surface area contributed by atoms with Gasteiger partial charge in [0.05, 0.1) is 0 Å². The van der Waals surface area contributed by atoms with Gasteiger partial charge in [-0.2, -0.15) is 0 Å². The molecule has 1 aromatic rings. The molecule has 0 saturated heterocycles. The van der Waals surface area contributed by atoms with Crippen molar-refractivity contribution < 1.29 is 9.18 Å². The molecule has 17 heavy (non-hydrogen) atoms. The number of benzene rings is 1. The number of amides is 2. The molecule has 94 valence electrons. The summed E-state index contributed by atoms with van der Waals surface area (Å²) in [6.45, 7) is 7.83. The first-order chi connectivity index (χ1) is 7.78. The second-order valence-electron chi connectivity index (χ2n) is 5.14. The molecule has 0 aliphatic carbocycles. The van der Waals surface area contributed by atoms with Crippen molar-refractivity contribution in [1.82, 2.24) is 10.6 Å². The van der Waals surface area contributed by atoms with E-state index in [0.717, 1.165) is 5.56 Å². The molecule has 3 nitrogen and oxygen atoms in total. The molecule has 0 heterocycles. The zero-order valence-electron chi connectivity index (χ0n) is 10.7. The van der Waals surface area contributed by atoms with Crippen LogP contribution in [0.15, 0.2) is 18.2 Å². The molecule has 1 rings (SSSR count). The van der Waals surface area contributed by atoms with Gasteiger partial charge in [0.2, 0.25) is 0 Å². The fourth-order valence-electron chi connectivity index (χ4n) is 1.38. The summed E-state index contributed by atoms with van der Waals surface area (Å²) in [4.78, 5) is 11.5. The molecule has 0 aliphatic heterocycles. The summed E-state index contributed by atoms with van der Waals surface area (Å²) in [5, 5.41) is 5.52. The van der Waals surface area contributed by atoms with Crippen molar-refractivity contribution in [2.45, 2.75) is 39.8 Å². The molecular weight excluding hydrogens is 219 g/mol. The first kappa shape index (κ1) is 13.5. The van der Waals surface area contributed by atoms with Gasteiger partial charge >= 0.3 is 6.03 Å². The van der Waals surface area contributed by atoms with Crippen LogP contribution in [0, 0.1) is 12.7 Å². The van der Waals surface area contributed by atoms with Gasteiger partial charge < -0.3 is 10.6 Å². The molecule has 0 fully saturated rings. The van der Waals surface area contributed by atoms with Crippen LogP contribution >= 0.6 is 0 Å². The normalized spacial score (nSPS) is 11.1. The Morgan fingerprint density at radius 1 is 1.35 bits per heavy atom. The van der Waals surface area contributed by atoms with Crippen molar-refractivity contribution in [1.29, 1.82) is 0 Å². The fraction of sp³-hybridized carbons (Fsp3) is 0.462. The number of carbonyl (C=O) groups excluding carboxylic acids is 1. The van der Waals surface area contributed by atoms with Crippen molar-refractivity contribution >= 4 is 6.03 Å². The van der Waals surface area contributed by atoms with Crippen LogP contribution in [-0.4, -0.2) is 11.6 Å². The summed E-state index contributed by atoms with van der Waals surface area (Å²) in [5.74, 6) is -0.229. The van der Waals surface area contributed by atoms with Gasteiger partial charge in [-0.3, -0.25) is 0 Å². The molecule has 0 spiro atoms. The highest BCUT2D eigenvalue weighted by Gasteiger charge is 2.12. The third-order valence-corrected chi connectivity index (χ3v) is 2.16. The van der Waals surface area contributed by atoms with Gasteiger partial charge in [-0.25, -0.2) is 9.18 Å². The van der Waals surface area contributed by atoms with Gasteiger partial charge in [0, 0.05) is 12.1 Å². The van der Waals surface area contributed by atoms with Crippen LogP contribution in [0.5, 0.6) is 0 Å². The van der Waals surface area contributed by atoms with Gasteiger partial charge in [-0.15, -0.1) is 0 Å². The Morgan fingerprint density at radius 2 is 2.00 bits per heavy atom. The second-order valence-corrected chi connectivity index (χ2v) is 5.14. The molecule has 4 heteroatoms. The van der Waals surface area contributed by atoms with Gasteiger partial charge in [0.15, 0.2) is 0 Å². The van der Waals surface area contributed by atoms with Gasteiger partial charge in [-0.1, -0.05) is 12.1 Å². The maximum absolute atomic E-state index is 13.0. The minimum Gasteiger partial charge on any atom is -0.334 e. The Balaban J connectivity index is 2.50. The lowest BCUT2D eigenvalue weighted by Gasteiger charge is -2.20. The molecule has 0 bridgehead atoms. The van der Waals surface area contributed by atoms with E-state index >= 15 is 0 Å². The highest BCUT2D eigenvalue weighted by molar-refractivity contribution is 5.74. The van der Waals surface area contributed by atoms with E-state index in [-0.39, 0.29) is 17.4 Å². The number of carbonyl (C=O) groups is 1. The maximum atomic E-state index is 13.0. The molecule has 0 radical (unpaired) electrons. The Bertz CT molecular complexity index is 410. The minimum atomic E-state index is -0.261. The zero-order valence-corrected chi connectivity index (χ0v) is 10.7. The summed E-state index contributed by atoms with van der Waals surface area (Å²) in [6, 6.07) is 4.58. The summed E-state index contributed by atoms with van der Waals surface area (Å²) in [6.07, 6.45) is 0. The van der Waals surface area contributed by atoms with E-state index in [1.165, 1.54) is 6.07 Å². The van der Waals surface area contributed by atoms with Gasteiger partial charge in [0.25, 0.3) is 0 Å². The van der Waals surface area contributed by atoms with Crippen LogP contribution in [0.3, 0.4) is 0 Å². The lowest BCUT2D eigenvalue weighted by molar-refractivity contribution is 0.231. The first-order valence-corrected chi connectivity index (χ1v) is 5.59. The number of halogens is 1. The third kappa shape index (κ3) is 4.85. The van der Waals surface area contributed by atoms with Crippen molar-refractivity contribution in [3.05, 3.63) is 35.1 Å². The molecule has 0 saturated carbocycles. The van der Waals surface area contributed by atoms with E-state index in [1.807, 2.05) is 20.8 Å². The SMILES string of the molecule is Cc1cc(CNC(=O)NC(C)(C)C)ccc1F. The third-order valence-electron chi connectivity index (χ3n) is 2.16. The van der Waals surface area contributed by atoms with E-state index in [4.69, 9.17) is 0 Å². The Morgan fingerprint density at radius 3 is 2.53 bits per heavy atom. The maximum Gasteiger partial charge on any atom is 0.315 e. The largest absolute Gasteiger partial charge is 0.334 e. The van der Waals surface area contributed by atoms with E-state index in [9.17, 15) is 9.18 Å². The topological polar surface area (TPSA) is 41.1 Å². The number of rotatable bonds is 2. The predicted molar refractivity (Wildman–Crippen MR) is 66.3 cm³/mol. The van der Waals surface area contributed by atoms with Crippen molar-refractivity contribution in [2.75, 3.05) is 0 Å². The standard InChI is InChI=1S/C13H19FN2O/c1-9-7-10(5-6-11(9)14)8-15-12(17)16-13(2,3)4/h5-7H,8H2,1-4H3,(H2,15,16,17). The number of urea groups is 1. The number of aryl methyl sites for hydroxylation is 1. The van der Waals surface area contributed by atoms with E-state index in [2.05, 4.69) is 10.6 Å². The first-order valence-electron chi connectivity index (χ1n) is 5.59. The summed E-state index contributed by atoms with van der Waals surface area (Å²) >= 11 is 0. The molecule has 1 aromatic carbocycles. The van der Waals surface area contributed by atoms with Crippen molar-refractivity contribution in [2.24, 2.45) is 0 Å². The Hall–Kier alpha value is -1.58. The smallest absolute Gasteiger partial charge is 0.315 e. The predicted octanol–water partition coefficient (Wildman–Crippen LogP) is 2.73. The highest BCUT2D eigenvalue weighted by atomic mass is 19.1. The van der Waals surface area contributed by atoms with Crippen molar-refractivity contribution in [3.63, 3.8) is 0 Å². The lowest BCUT2D eigenvalue weighted by Crippen LogP contribution is -2.46. The van der Waals surface area contributed by atoms with Crippen LogP contribution < -0.4 is 10.6 Å². The number of hydrogen-bond acceptors (Lipinski definition) is 1. The molecule has 0 aliphatic rings. The van der Waals surface area contributed by atoms with E-state index in [1.54, 1.807) is 19.1 Å². The van der Waals surface area contributed by atoms with Gasteiger partial charge in [-0.05, 0) is 44.9 Å². The molecule has 2 amide bonds. The average molecular weight is 238 g/mol. The van der Waals surface area contributed by atoms with Crippen LogP contribution in [0.25, 0.3) is 0 Å². The summed E-state index contributed by atoms with van der Waals surface area (Å²) in [5.41, 5.74) is 1.21. The van der Waals surface area contributed by atoms with E-state index in [0.29, 0.717) is 12.1 Å². The number of hydrogen-bond donors (Lipinski definition) is 2. The molecular formula is C13H19FN2O. The molecule has 0 atom stereocenters. The van der Waals surface area contributed by atoms with Crippen LogP contribution in [0.4, 0.5) is 9.18 Å². The second kappa shape index (κ2) is 5.17.